The van der Waals surface area contributed by atoms with Gasteiger partial charge in [0.2, 0.25) is 0 Å². The summed E-state index contributed by atoms with van der Waals surface area (Å²) in [5.74, 6) is -0.232. The van der Waals surface area contributed by atoms with Crippen molar-refractivity contribution in [3.05, 3.63) is 23.7 Å². The van der Waals surface area contributed by atoms with E-state index in [4.69, 9.17) is 5.11 Å². The standard InChI is InChI=1S/C12H16N4O2.2ClH/c1-8(12(17)18)4-10-6-15-11(7-14-10)16-9-2-3-13-5-9;;/h4,6-7,9,13H,2-3,5H2,1H3,(H,15,16)(H,17,18);2*1H/t9-;;/m1../s1. The van der Waals surface area contributed by atoms with E-state index in [9.17, 15) is 4.79 Å². The average Bonchev–Trinajstić information content (AvgIpc) is 2.84. The van der Waals surface area contributed by atoms with Gasteiger partial charge in [-0.15, -0.1) is 24.8 Å². The van der Waals surface area contributed by atoms with Crippen molar-refractivity contribution in [2.75, 3.05) is 18.4 Å². The molecule has 0 radical (unpaired) electrons. The van der Waals surface area contributed by atoms with E-state index in [0.29, 0.717) is 17.6 Å². The number of halogens is 2. The lowest BCUT2D eigenvalue weighted by Gasteiger charge is -2.11. The van der Waals surface area contributed by atoms with Crippen molar-refractivity contribution < 1.29 is 9.90 Å². The molecule has 1 aromatic rings. The second-order valence-corrected chi connectivity index (χ2v) is 4.29. The highest BCUT2D eigenvalue weighted by Gasteiger charge is 2.14. The number of nitrogens with one attached hydrogen (secondary N) is 2. The van der Waals surface area contributed by atoms with E-state index >= 15 is 0 Å². The number of anilines is 1. The van der Waals surface area contributed by atoms with E-state index in [1.807, 2.05) is 0 Å². The predicted octanol–water partition coefficient (Wildman–Crippen LogP) is 1.58. The molecule has 8 heteroatoms. The molecule has 1 saturated heterocycles. The monoisotopic (exact) mass is 320 g/mol. The molecule has 2 rings (SSSR count). The van der Waals surface area contributed by atoms with Gasteiger partial charge in [0.15, 0.2) is 0 Å². The molecule has 0 aromatic carbocycles. The van der Waals surface area contributed by atoms with Crippen molar-refractivity contribution in [2.24, 2.45) is 0 Å². The highest BCUT2D eigenvalue weighted by molar-refractivity contribution is 5.91. The largest absolute Gasteiger partial charge is 0.478 e. The number of aromatic nitrogens is 2. The van der Waals surface area contributed by atoms with Gasteiger partial charge in [0, 0.05) is 18.2 Å². The molecule has 1 aliphatic heterocycles. The molecule has 0 unspecified atom stereocenters. The zero-order chi connectivity index (χ0) is 13.0. The third-order valence-corrected chi connectivity index (χ3v) is 2.79. The van der Waals surface area contributed by atoms with E-state index < -0.39 is 5.97 Å². The fourth-order valence-electron chi connectivity index (χ4n) is 1.76. The second kappa shape index (κ2) is 8.73. The summed E-state index contributed by atoms with van der Waals surface area (Å²) in [6.45, 7) is 3.48. The fourth-order valence-corrected chi connectivity index (χ4v) is 1.76. The molecule has 0 spiro atoms. The number of hydrogen-bond acceptors (Lipinski definition) is 5. The average molecular weight is 321 g/mol. The molecule has 1 aromatic heterocycles. The predicted molar refractivity (Wildman–Crippen MR) is 82.7 cm³/mol. The molecule has 3 N–H and O–H groups in total. The van der Waals surface area contributed by atoms with E-state index in [1.54, 1.807) is 12.4 Å². The van der Waals surface area contributed by atoms with E-state index in [-0.39, 0.29) is 30.4 Å². The molecular formula is C12H18Cl2N4O2. The van der Waals surface area contributed by atoms with Gasteiger partial charge in [-0.1, -0.05) is 0 Å². The van der Waals surface area contributed by atoms with Crippen LogP contribution in [0.5, 0.6) is 0 Å². The van der Waals surface area contributed by atoms with Crippen molar-refractivity contribution in [2.45, 2.75) is 19.4 Å². The Morgan fingerprint density at radius 2 is 2.20 bits per heavy atom. The Labute approximate surface area is 129 Å². The molecule has 1 aliphatic rings. The van der Waals surface area contributed by atoms with Gasteiger partial charge in [-0.2, -0.15) is 0 Å². The summed E-state index contributed by atoms with van der Waals surface area (Å²) in [5, 5.41) is 15.3. The molecule has 0 saturated carbocycles. The highest BCUT2D eigenvalue weighted by Crippen LogP contribution is 2.09. The first kappa shape index (κ1) is 18.6. The Morgan fingerprint density at radius 1 is 1.45 bits per heavy atom. The van der Waals surface area contributed by atoms with Crippen molar-refractivity contribution in [1.82, 2.24) is 15.3 Å². The summed E-state index contributed by atoms with van der Waals surface area (Å²) in [6, 6.07) is 0.390. The first-order chi connectivity index (χ1) is 8.65. The minimum atomic E-state index is -0.948. The lowest BCUT2D eigenvalue weighted by Crippen LogP contribution is -2.22. The number of carbonyl (C=O) groups is 1. The lowest BCUT2D eigenvalue weighted by atomic mass is 10.2. The molecule has 1 fully saturated rings. The molecule has 0 bridgehead atoms. The third kappa shape index (κ3) is 5.32. The Hall–Kier alpha value is -1.37. The summed E-state index contributed by atoms with van der Waals surface area (Å²) in [4.78, 5) is 19.0. The van der Waals surface area contributed by atoms with Crippen molar-refractivity contribution >= 4 is 42.7 Å². The van der Waals surface area contributed by atoms with Gasteiger partial charge in [0.25, 0.3) is 0 Å². The van der Waals surface area contributed by atoms with E-state index in [2.05, 4.69) is 20.6 Å². The van der Waals surface area contributed by atoms with Crippen LogP contribution in [0, 0.1) is 0 Å². The van der Waals surface area contributed by atoms with Crippen LogP contribution in [0.2, 0.25) is 0 Å². The van der Waals surface area contributed by atoms with Crippen LogP contribution in [0.25, 0.3) is 6.08 Å². The van der Waals surface area contributed by atoms with Crippen molar-refractivity contribution in [3.8, 4) is 0 Å². The van der Waals surface area contributed by atoms with Gasteiger partial charge in [-0.3, -0.25) is 4.98 Å². The summed E-state index contributed by atoms with van der Waals surface area (Å²) < 4.78 is 0. The minimum absolute atomic E-state index is 0. The van der Waals surface area contributed by atoms with Crippen LogP contribution in [0.3, 0.4) is 0 Å². The van der Waals surface area contributed by atoms with Crippen LogP contribution in [-0.2, 0) is 4.79 Å². The van der Waals surface area contributed by atoms with Crippen LogP contribution >= 0.6 is 24.8 Å². The number of carboxylic acid groups (broad SMARTS) is 1. The number of aliphatic carboxylic acids is 1. The summed E-state index contributed by atoms with van der Waals surface area (Å²) in [5.41, 5.74) is 0.787. The molecule has 112 valence electrons. The van der Waals surface area contributed by atoms with Gasteiger partial charge in [0.05, 0.1) is 18.1 Å². The van der Waals surface area contributed by atoms with Crippen molar-refractivity contribution in [1.29, 1.82) is 0 Å². The quantitative estimate of drug-likeness (QED) is 0.730. The van der Waals surface area contributed by atoms with Crippen LogP contribution in [0.15, 0.2) is 18.0 Å². The molecule has 2 heterocycles. The SMILES string of the molecule is CC(=Cc1cnc(N[C@@H]2CCNC2)cn1)C(=O)O.Cl.Cl. The highest BCUT2D eigenvalue weighted by atomic mass is 35.5. The molecule has 6 nitrogen and oxygen atoms in total. The van der Waals surface area contributed by atoms with Gasteiger partial charge < -0.3 is 15.7 Å². The summed E-state index contributed by atoms with van der Waals surface area (Å²) >= 11 is 0. The van der Waals surface area contributed by atoms with Crippen LogP contribution < -0.4 is 10.6 Å². The Kier molecular flexibility index (Phi) is 8.13. The fraction of sp³-hybridized carbons (Fsp3) is 0.417. The lowest BCUT2D eigenvalue weighted by molar-refractivity contribution is -0.132. The second-order valence-electron chi connectivity index (χ2n) is 4.29. The Bertz CT molecular complexity index is 459. The summed E-state index contributed by atoms with van der Waals surface area (Å²) in [6.07, 6.45) is 5.76. The van der Waals surface area contributed by atoms with E-state index in [0.717, 1.165) is 19.5 Å². The molecule has 0 amide bonds. The Morgan fingerprint density at radius 3 is 2.70 bits per heavy atom. The van der Waals surface area contributed by atoms with E-state index in [1.165, 1.54) is 13.0 Å². The van der Waals surface area contributed by atoms with Gasteiger partial charge >= 0.3 is 5.97 Å². The number of carboxylic acids is 1. The van der Waals surface area contributed by atoms with Crippen LogP contribution in [0.1, 0.15) is 19.0 Å². The zero-order valence-corrected chi connectivity index (χ0v) is 12.6. The first-order valence-corrected chi connectivity index (χ1v) is 5.86. The number of hydrogen-bond donors (Lipinski definition) is 3. The Balaban J connectivity index is 0.00000180. The minimum Gasteiger partial charge on any atom is -0.478 e. The van der Waals surface area contributed by atoms with Crippen molar-refractivity contribution in [3.63, 3.8) is 0 Å². The first-order valence-electron chi connectivity index (χ1n) is 5.86. The van der Waals surface area contributed by atoms with Crippen LogP contribution in [0.4, 0.5) is 5.82 Å². The topological polar surface area (TPSA) is 87.1 Å². The number of rotatable bonds is 4. The molecule has 0 aliphatic carbocycles. The van der Waals surface area contributed by atoms with Gasteiger partial charge in [-0.05, 0) is 26.0 Å². The molecule has 1 atom stereocenters. The zero-order valence-electron chi connectivity index (χ0n) is 11.0. The van der Waals surface area contributed by atoms with Crippen LogP contribution in [-0.4, -0.2) is 40.2 Å². The normalized spacial score (nSPS) is 17.9. The van der Waals surface area contributed by atoms with Gasteiger partial charge in [0.1, 0.15) is 5.82 Å². The van der Waals surface area contributed by atoms with Gasteiger partial charge in [-0.25, -0.2) is 9.78 Å². The molecular weight excluding hydrogens is 303 g/mol. The third-order valence-electron chi connectivity index (χ3n) is 2.79. The maximum Gasteiger partial charge on any atom is 0.331 e. The maximum absolute atomic E-state index is 10.7. The maximum atomic E-state index is 10.7. The smallest absolute Gasteiger partial charge is 0.331 e. The molecule has 20 heavy (non-hydrogen) atoms. The number of nitrogens with zero attached hydrogens (tertiary/aromatic N) is 2. The summed E-state index contributed by atoms with van der Waals surface area (Å²) in [7, 11) is 0.